The maximum absolute atomic E-state index is 14.9. The van der Waals surface area contributed by atoms with Crippen LogP contribution in [-0.4, -0.2) is 64.2 Å². The van der Waals surface area contributed by atoms with Crippen LogP contribution in [0, 0.1) is 29.6 Å². The minimum Gasteiger partial charge on any atom is -0.478 e. The van der Waals surface area contributed by atoms with Crippen LogP contribution in [0.15, 0.2) is 23.9 Å². The molecule has 31 heavy (non-hydrogen) atoms. The lowest BCUT2D eigenvalue weighted by Gasteiger charge is -2.59. The fourth-order valence-corrected chi connectivity index (χ4v) is 7.43. The number of morpholine rings is 1. The predicted octanol–water partition coefficient (Wildman–Crippen LogP) is 2.23. The van der Waals surface area contributed by atoms with E-state index in [-0.39, 0.29) is 47.5 Å². The summed E-state index contributed by atoms with van der Waals surface area (Å²) >= 11 is 0. The normalized spacial score (nSPS) is 50.2. The lowest BCUT2D eigenvalue weighted by molar-refractivity contribution is -0.217. The van der Waals surface area contributed by atoms with Gasteiger partial charge >= 0.3 is 5.97 Å². The Morgan fingerprint density at radius 2 is 1.94 bits per heavy atom. The number of carbonyl (C=O) groups excluding carboxylic acids is 2. The average molecular weight is 433 g/mol. The van der Waals surface area contributed by atoms with Gasteiger partial charge in [0.25, 0.3) is 0 Å². The van der Waals surface area contributed by atoms with E-state index in [2.05, 4.69) is 6.08 Å². The summed E-state index contributed by atoms with van der Waals surface area (Å²) in [4.78, 5) is 39.4. The van der Waals surface area contributed by atoms with E-state index in [0.29, 0.717) is 12.8 Å². The number of carboxylic acids is 1. The Labute approximate surface area is 178 Å². The van der Waals surface area contributed by atoms with E-state index in [1.54, 1.807) is 4.90 Å². The van der Waals surface area contributed by atoms with Gasteiger partial charge in [0, 0.05) is 24.0 Å². The summed E-state index contributed by atoms with van der Waals surface area (Å²) < 4.78 is 35.5. The monoisotopic (exact) mass is 433 g/mol. The third kappa shape index (κ3) is 2.60. The van der Waals surface area contributed by atoms with Crippen molar-refractivity contribution < 1.29 is 33.0 Å². The van der Waals surface area contributed by atoms with Crippen LogP contribution in [0.25, 0.3) is 0 Å². The maximum Gasteiger partial charge on any atom is 0.340 e. The molecule has 1 N–H and O–H groups in total. The Morgan fingerprint density at radius 3 is 2.71 bits per heavy atom. The van der Waals surface area contributed by atoms with Gasteiger partial charge in [-0.15, -0.1) is 0 Å². The zero-order valence-electron chi connectivity index (χ0n) is 16.9. The van der Waals surface area contributed by atoms with Crippen LogP contribution in [0.5, 0.6) is 0 Å². The molecular formula is C23H25F2NO5. The molecule has 11 atom stereocenters. The number of allylic oxidation sites excluding steroid dienone is 2. The maximum atomic E-state index is 14.9. The molecule has 0 aromatic heterocycles. The van der Waals surface area contributed by atoms with Gasteiger partial charge < -0.3 is 14.7 Å². The van der Waals surface area contributed by atoms with Gasteiger partial charge in [-0.05, 0) is 43.9 Å². The molecule has 11 unspecified atom stereocenters. The number of carboxylic acid groups (broad SMARTS) is 1. The van der Waals surface area contributed by atoms with Crippen molar-refractivity contribution in [1.82, 2.24) is 4.90 Å². The van der Waals surface area contributed by atoms with Gasteiger partial charge in [-0.25, -0.2) is 13.6 Å². The molecule has 0 aromatic rings. The van der Waals surface area contributed by atoms with Gasteiger partial charge in [-0.1, -0.05) is 12.2 Å². The number of ether oxygens (including phenoxy) is 1. The molecule has 4 aliphatic carbocycles. The molecule has 3 saturated carbocycles. The lowest BCUT2D eigenvalue weighted by Crippen LogP contribution is -2.70. The van der Waals surface area contributed by atoms with Crippen LogP contribution in [0.3, 0.4) is 0 Å². The number of fused-ring (bicyclic) bond motifs is 5. The van der Waals surface area contributed by atoms with Crippen LogP contribution in [0.1, 0.15) is 32.1 Å². The smallest absolute Gasteiger partial charge is 0.340 e. The molecule has 6 aliphatic rings. The quantitative estimate of drug-likeness (QED) is 0.504. The minimum atomic E-state index is -1.88. The number of hydrogen-bond donors (Lipinski definition) is 1. The Kier molecular flexibility index (Phi) is 4.23. The van der Waals surface area contributed by atoms with Crippen LogP contribution >= 0.6 is 0 Å². The number of alkyl halides is 2. The average Bonchev–Trinajstić information content (AvgIpc) is 3.03. The van der Waals surface area contributed by atoms with Crippen LogP contribution < -0.4 is 0 Å². The van der Waals surface area contributed by atoms with Gasteiger partial charge in [-0.3, -0.25) is 9.59 Å². The van der Waals surface area contributed by atoms with Crippen molar-refractivity contribution in [3.05, 3.63) is 23.9 Å². The lowest BCUT2D eigenvalue weighted by atomic mass is 9.67. The van der Waals surface area contributed by atoms with Crippen LogP contribution in [0.2, 0.25) is 0 Å². The molecule has 6 rings (SSSR count). The largest absolute Gasteiger partial charge is 0.478 e. The second-order valence-electron chi connectivity index (χ2n) is 10.00. The summed E-state index contributed by atoms with van der Waals surface area (Å²) in [6, 6.07) is -0.942. The predicted molar refractivity (Wildman–Crippen MR) is 103 cm³/mol. The van der Waals surface area contributed by atoms with Crippen molar-refractivity contribution in [2.45, 2.75) is 68.7 Å². The summed E-state index contributed by atoms with van der Waals surface area (Å²) in [5, 5.41) is 9.58. The van der Waals surface area contributed by atoms with Gasteiger partial charge in [0.1, 0.15) is 23.6 Å². The van der Waals surface area contributed by atoms with Crippen LogP contribution in [-0.2, 0) is 19.1 Å². The first-order valence-electron chi connectivity index (χ1n) is 11.3. The molecule has 0 amide bonds. The number of carbonyl (C=O) groups is 3. The van der Waals surface area contributed by atoms with Crippen molar-refractivity contribution in [3.8, 4) is 0 Å². The molecule has 2 heterocycles. The van der Waals surface area contributed by atoms with Gasteiger partial charge in [0.05, 0.1) is 18.2 Å². The highest BCUT2D eigenvalue weighted by molar-refractivity contribution is 6.18. The van der Waals surface area contributed by atoms with Crippen molar-refractivity contribution in [2.24, 2.45) is 29.6 Å². The molecule has 0 spiro atoms. The molecule has 0 aromatic carbocycles. The highest BCUT2D eigenvalue weighted by Crippen LogP contribution is 2.55. The first-order valence-corrected chi connectivity index (χ1v) is 11.3. The van der Waals surface area contributed by atoms with Crippen molar-refractivity contribution in [1.29, 1.82) is 0 Å². The standard InChI is InChI=1S/C23H25F2NO5/c24-15-5-13-19-22(18(15)25)31-17-7-12-11(9-3-1-2-4-10(9)20(12)27)6-16(17)26(19)8-14(21(13)28)23(29)30/h2,4,8-13,15-19,22H,1,3,5-7H2,(H,29,30). The molecule has 2 aliphatic heterocycles. The summed E-state index contributed by atoms with van der Waals surface area (Å²) in [6.07, 6.45) is 2.69. The van der Waals surface area contributed by atoms with E-state index in [9.17, 15) is 28.3 Å². The number of rotatable bonds is 1. The summed E-state index contributed by atoms with van der Waals surface area (Å²) in [5.74, 6) is -2.52. The van der Waals surface area contributed by atoms with Crippen molar-refractivity contribution in [3.63, 3.8) is 0 Å². The number of hydrogen-bond acceptors (Lipinski definition) is 5. The highest BCUT2D eigenvalue weighted by Gasteiger charge is 2.62. The highest BCUT2D eigenvalue weighted by atomic mass is 19.2. The first-order chi connectivity index (χ1) is 14.9. The Balaban J connectivity index is 1.40. The Hall–Kier alpha value is -2.09. The number of Topliss-reactive ketones (excluding diaryl/α,β-unsaturated/α-hetero) is 2. The minimum absolute atomic E-state index is 0.0869. The second-order valence-corrected chi connectivity index (χ2v) is 10.00. The topological polar surface area (TPSA) is 83.9 Å². The summed E-state index contributed by atoms with van der Waals surface area (Å²) in [7, 11) is 0. The van der Waals surface area contributed by atoms with Gasteiger partial charge in [0.15, 0.2) is 12.0 Å². The molecule has 1 saturated heterocycles. The van der Waals surface area contributed by atoms with E-state index in [0.717, 1.165) is 12.8 Å². The Morgan fingerprint density at radius 1 is 1.13 bits per heavy atom. The molecule has 0 bridgehead atoms. The Bertz CT molecular complexity index is 918. The van der Waals surface area contributed by atoms with Crippen molar-refractivity contribution in [2.75, 3.05) is 0 Å². The first kappa shape index (κ1) is 19.6. The summed E-state index contributed by atoms with van der Waals surface area (Å²) in [5.41, 5.74) is -0.367. The molecule has 0 radical (unpaired) electrons. The zero-order chi connectivity index (χ0) is 21.6. The van der Waals surface area contributed by atoms with E-state index < -0.39 is 48.3 Å². The summed E-state index contributed by atoms with van der Waals surface area (Å²) in [6.45, 7) is 0. The molecule has 4 fully saturated rings. The molecule has 8 heteroatoms. The van der Waals surface area contributed by atoms with Gasteiger partial charge in [-0.2, -0.15) is 0 Å². The van der Waals surface area contributed by atoms with E-state index in [4.69, 9.17) is 4.74 Å². The zero-order valence-corrected chi connectivity index (χ0v) is 16.9. The van der Waals surface area contributed by atoms with E-state index in [1.165, 1.54) is 6.20 Å². The third-order valence-corrected chi connectivity index (χ3v) is 8.72. The van der Waals surface area contributed by atoms with E-state index >= 15 is 0 Å². The SMILES string of the molecule is O=C(O)C1=CN2C3CC4C(CC3OC3C(F)C(F)CC(C1=O)C32)C(=O)C1C=CCCC14. The number of ketones is 2. The second kappa shape index (κ2) is 6.70. The van der Waals surface area contributed by atoms with E-state index in [1.807, 2.05) is 6.08 Å². The molecule has 166 valence electrons. The number of aliphatic carboxylic acids is 1. The molecular weight excluding hydrogens is 408 g/mol. The fourth-order valence-electron chi connectivity index (χ4n) is 7.43. The van der Waals surface area contributed by atoms with Crippen LogP contribution in [0.4, 0.5) is 8.78 Å². The fraction of sp³-hybridized carbons (Fsp3) is 0.696. The number of nitrogens with zero attached hydrogens (tertiary/aromatic N) is 1. The third-order valence-electron chi connectivity index (χ3n) is 8.72. The van der Waals surface area contributed by atoms with Gasteiger partial charge in [0.2, 0.25) is 0 Å². The molecule has 6 nitrogen and oxygen atoms in total. The number of halogens is 2. The van der Waals surface area contributed by atoms with Crippen molar-refractivity contribution >= 4 is 17.5 Å².